The predicted octanol–water partition coefficient (Wildman–Crippen LogP) is 4.40. The molecule has 0 unspecified atom stereocenters. The zero-order chi connectivity index (χ0) is 19.3. The van der Waals surface area contributed by atoms with Crippen LogP contribution in [-0.4, -0.2) is 35.5 Å². The molecule has 28 heavy (non-hydrogen) atoms. The number of nitrogens with zero attached hydrogens (tertiary/aromatic N) is 1. The largest absolute Gasteiger partial charge is 0.494 e. The van der Waals surface area contributed by atoms with Gasteiger partial charge in [-0.2, -0.15) is 0 Å². The molecule has 2 aromatic carbocycles. The van der Waals surface area contributed by atoms with E-state index in [1.165, 1.54) is 24.8 Å². The highest BCUT2D eigenvalue weighted by Gasteiger charge is 2.38. The number of hydrogen-bond acceptors (Lipinski definition) is 3. The van der Waals surface area contributed by atoms with Crippen molar-refractivity contribution in [3.63, 3.8) is 0 Å². The number of hydrogen-bond donors (Lipinski definition) is 1. The Kier molecular flexibility index (Phi) is 5.96. The Morgan fingerprint density at radius 2 is 1.71 bits per heavy atom. The highest BCUT2D eigenvalue weighted by molar-refractivity contribution is 5.94. The van der Waals surface area contributed by atoms with Gasteiger partial charge in [-0.15, -0.1) is 0 Å². The quantitative estimate of drug-likeness (QED) is 0.810. The summed E-state index contributed by atoms with van der Waals surface area (Å²) in [5, 5.41) is 3.29. The normalized spacial score (nSPS) is 24.5. The first kappa shape index (κ1) is 19.0. The molecule has 0 aromatic heterocycles. The molecule has 148 valence electrons. The third-order valence-corrected chi connectivity index (χ3v) is 6.10. The van der Waals surface area contributed by atoms with Crippen LogP contribution in [0.25, 0.3) is 0 Å². The van der Waals surface area contributed by atoms with Gasteiger partial charge in [-0.05, 0) is 62.4 Å². The number of carbonyl (C=O) groups excluding carboxylic acids is 1. The van der Waals surface area contributed by atoms with Crippen LogP contribution in [0, 0.1) is 0 Å². The van der Waals surface area contributed by atoms with Gasteiger partial charge >= 0.3 is 0 Å². The highest BCUT2D eigenvalue weighted by atomic mass is 16.5. The maximum absolute atomic E-state index is 12.7. The lowest BCUT2D eigenvalue weighted by Gasteiger charge is -2.49. The van der Waals surface area contributed by atoms with Gasteiger partial charge in [-0.1, -0.05) is 36.8 Å². The van der Waals surface area contributed by atoms with E-state index in [1.807, 2.05) is 31.2 Å². The van der Waals surface area contributed by atoms with Crippen LogP contribution in [0.4, 0.5) is 0 Å². The molecule has 4 nitrogen and oxygen atoms in total. The van der Waals surface area contributed by atoms with Crippen LogP contribution < -0.4 is 10.1 Å². The first-order chi connectivity index (χ1) is 13.7. The SMILES string of the molecule is CCOc1ccc(C(=O)NC2C[C@@H]3CCC[C@@H](C2)N3Cc2ccccc2)cc1. The third-order valence-electron chi connectivity index (χ3n) is 6.10. The molecule has 2 fully saturated rings. The molecule has 0 aliphatic carbocycles. The molecule has 1 N–H and O–H groups in total. The smallest absolute Gasteiger partial charge is 0.251 e. The van der Waals surface area contributed by atoms with Gasteiger partial charge in [-0.25, -0.2) is 0 Å². The van der Waals surface area contributed by atoms with Crippen molar-refractivity contribution < 1.29 is 9.53 Å². The summed E-state index contributed by atoms with van der Waals surface area (Å²) in [6, 6.07) is 19.6. The van der Waals surface area contributed by atoms with Crippen molar-refractivity contribution in [2.75, 3.05) is 6.61 Å². The van der Waals surface area contributed by atoms with E-state index in [9.17, 15) is 4.79 Å². The number of rotatable bonds is 6. The van der Waals surface area contributed by atoms with Crippen molar-refractivity contribution in [2.24, 2.45) is 0 Å². The Morgan fingerprint density at radius 3 is 2.36 bits per heavy atom. The zero-order valence-corrected chi connectivity index (χ0v) is 16.6. The van der Waals surface area contributed by atoms with Crippen LogP contribution in [0.3, 0.4) is 0 Å². The Hall–Kier alpha value is -2.33. The monoisotopic (exact) mass is 378 g/mol. The lowest BCUT2D eigenvalue weighted by Crippen LogP contribution is -2.56. The number of amides is 1. The first-order valence-corrected chi connectivity index (χ1v) is 10.6. The Morgan fingerprint density at radius 1 is 1.04 bits per heavy atom. The van der Waals surface area contributed by atoms with Gasteiger partial charge < -0.3 is 10.1 Å². The summed E-state index contributed by atoms with van der Waals surface area (Å²) in [5.74, 6) is 0.838. The summed E-state index contributed by atoms with van der Waals surface area (Å²) in [6.45, 7) is 3.62. The Bertz CT molecular complexity index is 761. The third kappa shape index (κ3) is 4.39. The second-order valence-electron chi connectivity index (χ2n) is 8.00. The average molecular weight is 379 g/mol. The van der Waals surface area contributed by atoms with Crippen molar-refractivity contribution >= 4 is 5.91 Å². The number of nitrogens with one attached hydrogen (secondary N) is 1. The fourth-order valence-electron chi connectivity index (χ4n) is 4.79. The Labute approximate surface area is 167 Å². The molecular formula is C24H30N2O2. The number of ether oxygens (including phenoxy) is 1. The van der Waals surface area contributed by atoms with Gasteiger partial charge in [0.05, 0.1) is 6.61 Å². The molecule has 4 heteroatoms. The fourth-order valence-corrected chi connectivity index (χ4v) is 4.79. The average Bonchev–Trinajstić information content (AvgIpc) is 2.70. The van der Waals surface area contributed by atoms with E-state index in [0.29, 0.717) is 24.3 Å². The molecule has 0 radical (unpaired) electrons. The fraction of sp³-hybridized carbons (Fsp3) is 0.458. The van der Waals surface area contributed by atoms with Crippen molar-refractivity contribution in [3.05, 3.63) is 65.7 Å². The van der Waals surface area contributed by atoms with Crippen LogP contribution in [0.1, 0.15) is 54.9 Å². The number of piperidine rings is 2. The van der Waals surface area contributed by atoms with E-state index in [4.69, 9.17) is 4.74 Å². The molecule has 4 rings (SSSR count). The van der Waals surface area contributed by atoms with Crippen LogP contribution in [0.5, 0.6) is 5.75 Å². The summed E-state index contributed by atoms with van der Waals surface area (Å²) in [6.07, 6.45) is 5.87. The van der Waals surface area contributed by atoms with E-state index >= 15 is 0 Å². The minimum atomic E-state index is 0.0302. The van der Waals surface area contributed by atoms with Crippen LogP contribution >= 0.6 is 0 Å². The van der Waals surface area contributed by atoms with Gasteiger partial charge in [0, 0.05) is 30.2 Å². The standard InChI is InChI=1S/C24H30N2O2/c1-2-28-23-13-11-19(12-14-23)24(27)25-20-15-21-9-6-10-22(16-20)26(21)17-18-7-4-3-5-8-18/h3-5,7-8,11-14,20-22H,2,6,9-10,15-17H2,1H3,(H,25,27)/t21-,22-/m0/s1. The summed E-state index contributed by atoms with van der Waals surface area (Å²) in [5.41, 5.74) is 2.09. The molecule has 0 spiro atoms. The second-order valence-corrected chi connectivity index (χ2v) is 8.00. The topological polar surface area (TPSA) is 41.6 Å². The number of fused-ring (bicyclic) bond motifs is 2. The number of carbonyl (C=O) groups is 1. The molecule has 2 heterocycles. The highest BCUT2D eigenvalue weighted by Crippen LogP contribution is 2.35. The molecule has 2 aliphatic heterocycles. The minimum Gasteiger partial charge on any atom is -0.494 e. The van der Waals surface area contributed by atoms with Crippen molar-refractivity contribution in [1.29, 1.82) is 0 Å². The summed E-state index contributed by atoms with van der Waals surface area (Å²) < 4.78 is 5.46. The molecular weight excluding hydrogens is 348 g/mol. The van der Waals surface area contributed by atoms with Crippen molar-refractivity contribution in [2.45, 2.75) is 63.7 Å². The predicted molar refractivity (Wildman–Crippen MR) is 112 cm³/mol. The van der Waals surface area contributed by atoms with Crippen molar-refractivity contribution in [3.8, 4) is 5.75 Å². The molecule has 1 amide bonds. The van der Waals surface area contributed by atoms with E-state index in [2.05, 4.69) is 40.5 Å². The lowest BCUT2D eigenvalue weighted by atomic mass is 9.81. The van der Waals surface area contributed by atoms with E-state index in [-0.39, 0.29) is 11.9 Å². The summed E-state index contributed by atoms with van der Waals surface area (Å²) in [7, 11) is 0. The summed E-state index contributed by atoms with van der Waals surface area (Å²) in [4.78, 5) is 15.4. The maximum atomic E-state index is 12.7. The van der Waals surface area contributed by atoms with Gasteiger partial charge in [0.15, 0.2) is 0 Å². The van der Waals surface area contributed by atoms with E-state index in [1.54, 1.807) is 0 Å². The van der Waals surface area contributed by atoms with Crippen molar-refractivity contribution in [1.82, 2.24) is 10.2 Å². The zero-order valence-electron chi connectivity index (χ0n) is 16.6. The van der Waals surface area contributed by atoms with Gasteiger partial charge in [0.1, 0.15) is 5.75 Å². The minimum absolute atomic E-state index is 0.0302. The molecule has 0 saturated carbocycles. The van der Waals surface area contributed by atoms with Gasteiger partial charge in [0.2, 0.25) is 0 Å². The molecule has 2 atom stereocenters. The van der Waals surface area contributed by atoms with Gasteiger partial charge in [-0.3, -0.25) is 9.69 Å². The number of benzene rings is 2. The van der Waals surface area contributed by atoms with Crippen LogP contribution in [-0.2, 0) is 6.54 Å². The van der Waals surface area contributed by atoms with E-state index in [0.717, 1.165) is 25.1 Å². The van der Waals surface area contributed by atoms with E-state index < -0.39 is 0 Å². The molecule has 2 bridgehead atoms. The maximum Gasteiger partial charge on any atom is 0.251 e. The Balaban J connectivity index is 1.37. The molecule has 2 aliphatic rings. The summed E-state index contributed by atoms with van der Waals surface area (Å²) >= 11 is 0. The second kappa shape index (κ2) is 8.78. The first-order valence-electron chi connectivity index (χ1n) is 10.6. The molecule has 2 saturated heterocycles. The lowest BCUT2D eigenvalue weighted by molar-refractivity contribution is 0.0177. The van der Waals surface area contributed by atoms with Gasteiger partial charge in [0.25, 0.3) is 5.91 Å². The van der Waals surface area contributed by atoms with Crippen LogP contribution in [0.2, 0.25) is 0 Å². The molecule has 2 aromatic rings. The van der Waals surface area contributed by atoms with Crippen LogP contribution in [0.15, 0.2) is 54.6 Å².